The molecule has 1 amide bonds. The summed E-state index contributed by atoms with van der Waals surface area (Å²) in [6.07, 6.45) is 0.774. The molecule has 1 N–H and O–H groups in total. The zero-order chi connectivity index (χ0) is 22.3. The molecule has 0 radical (unpaired) electrons. The van der Waals surface area contributed by atoms with E-state index in [1.807, 2.05) is 0 Å². The molecule has 9 heteroatoms. The number of carbonyl (C=O) groups excluding carboxylic acids is 1. The number of amides is 1. The van der Waals surface area contributed by atoms with Crippen molar-refractivity contribution in [3.63, 3.8) is 0 Å². The first-order valence-electron chi connectivity index (χ1n) is 10.1. The minimum Gasteiger partial charge on any atom is -0.497 e. The first-order chi connectivity index (χ1) is 14.9. The van der Waals surface area contributed by atoms with E-state index < -0.39 is 10.0 Å². The van der Waals surface area contributed by atoms with Crippen LogP contribution in [-0.4, -0.2) is 65.7 Å². The quantitative estimate of drug-likeness (QED) is 0.627. The van der Waals surface area contributed by atoms with Crippen LogP contribution in [0.2, 0.25) is 0 Å². The lowest BCUT2D eigenvalue weighted by Crippen LogP contribution is -2.40. The number of ether oxygens (including phenoxy) is 3. The number of hydrogen-bond acceptors (Lipinski definition) is 6. The Balaban J connectivity index is 1.52. The molecular formula is C22H28N2O6S. The van der Waals surface area contributed by atoms with Crippen LogP contribution in [0.1, 0.15) is 11.1 Å². The van der Waals surface area contributed by atoms with Crippen molar-refractivity contribution >= 4 is 15.9 Å². The van der Waals surface area contributed by atoms with Gasteiger partial charge in [0.25, 0.3) is 0 Å². The molecule has 3 rings (SSSR count). The van der Waals surface area contributed by atoms with Gasteiger partial charge in [-0.3, -0.25) is 4.79 Å². The van der Waals surface area contributed by atoms with Gasteiger partial charge >= 0.3 is 0 Å². The molecule has 2 aromatic carbocycles. The van der Waals surface area contributed by atoms with E-state index in [9.17, 15) is 13.2 Å². The zero-order valence-corrected chi connectivity index (χ0v) is 18.6. The predicted octanol–water partition coefficient (Wildman–Crippen LogP) is 1.63. The molecule has 1 fully saturated rings. The van der Waals surface area contributed by atoms with Gasteiger partial charge in [0.05, 0.1) is 38.7 Å². The highest BCUT2D eigenvalue weighted by atomic mass is 32.2. The number of nitrogens with one attached hydrogen (secondary N) is 1. The SMILES string of the molecule is COc1ccc(OC)c(CC(=O)NCCc2ccc(S(=O)(=O)N3CCOCC3)cc2)c1. The third kappa shape index (κ3) is 5.96. The third-order valence-corrected chi connectivity index (χ3v) is 7.02. The number of morpholine rings is 1. The Morgan fingerprint density at radius 2 is 1.77 bits per heavy atom. The average molecular weight is 449 g/mol. The summed E-state index contributed by atoms with van der Waals surface area (Å²) >= 11 is 0. The third-order valence-electron chi connectivity index (χ3n) is 5.11. The second-order valence-corrected chi connectivity index (χ2v) is 9.05. The number of methoxy groups -OCH3 is 2. The molecule has 1 saturated heterocycles. The first kappa shape index (κ1) is 23.1. The lowest BCUT2D eigenvalue weighted by atomic mass is 10.1. The van der Waals surface area contributed by atoms with Gasteiger partial charge in [0.15, 0.2) is 0 Å². The normalized spacial score (nSPS) is 14.8. The standard InChI is InChI=1S/C22H28N2O6S/c1-28-19-5-8-21(29-2)18(15-19)16-22(25)23-10-9-17-3-6-20(7-4-17)31(26,27)24-11-13-30-14-12-24/h3-8,15H,9-14,16H2,1-2H3,(H,23,25). The van der Waals surface area contributed by atoms with E-state index in [0.29, 0.717) is 50.8 Å². The highest BCUT2D eigenvalue weighted by Gasteiger charge is 2.26. The monoisotopic (exact) mass is 448 g/mol. The molecule has 0 saturated carbocycles. The Kier molecular flexibility index (Phi) is 7.89. The van der Waals surface area contributed by atoms with Crippen LogP contribution in [0, 0.1) is 0 Å². The maximum absolute atomic E-state index is 12.7. The van der Waals surface area contributed by atoms with Crippen LogP contribution in [0.15, 0.2) is 47.4 Å². The van der Waals surface area contributed by atoms with Gasteiger partial charge in [0.2, 0.25) is 15.9 Å². The molecule has 1 heterocycles. The Labute approximate surface area is 183 Å². The van der Waals surface area contributed by atoms with Crippen molar-refractivity contribution in [3.8, 4) is 11.5 Å². The minimum absolute atomic E-state index is 0.127. The Hall–Kier alpha value is -2.62. The van der Waals surface area contributed by atoms with Gasteiger partial charge in [0.1, 0.15) is 11.5 Å². The first-order valence-corrected chi connectivity index (χ1v) is 11.5. The Bertz CT molecular complexity index is 986. The fourth-order valence-electron chi connectivity index (χ4n) is 3.37. The fraction of sp³-hybridized carbons (Fsp3) is 0.409. The van der Waals surface area contributed by atoms with Crippen LogP contribution in [-0.2, 0) is 32.4 Å². The molecule has 168 valence electrons. The molecule has 0 bridgehead atoms. The van der Waals surface area contributed by atoms with Crippen LogP contribution in [0.25, 0.3) is 0 Å². The molecule has 0 unspecified atom stereocenters. The molecule has 1 aliphatic heterocycles. The van der Waals surface area contributed by atoms with E-state index >= 15 is 0 Å². The summed E-state index contributed by atoms with van der Waals surface area (Å²) in [5.41, 5.74) is 1.69. The summed E-state index contributed by atoms with van der Waals surface area (Å²) < 4.78 is 42.5. The number of carbonyl (C=O) groups is 1. The molecule has 0 aromatic heterocycles. The average Bonchev–Trinajstić information content (AvgIpc) is 2.80. The minimum atomic E-state index is -3.50. The Morgan fingerprint density at radius 3 is 2.42 bits per heavy atom. The second-order valence-electron chi connectivity index (χ2n) is 7.11. The van der Waals surface area contributed by atoms with Crippen LogP contribution >= 0.6 is 0 Å². The fourth-order valence-corrected chi connectivity index (χ4v) is 4.77. The highest BCUT2D eigenvalue weighted by Crippen LogP contribution is 2.24. The van der Waals surface area contributed by atoms with Gasteiger partial charge in [-0.05, 0) is 42.3 Å². The van der Waals surface area contributed by atoms with Crippen molar-refractivity contribution in [1.82, 2.24) is 9.62 Å². The van der Waals surface area contributed by atoms with Crippen LogP contribution < -0.4 is 14.8 Å². The lowest BCUT2D eigenvalue weighted by Gasteiger charge is -2.26. The van der Waals surface area contributed by atoms with Gasteiger partial charge in [-0.25, -0.2) is 8.42 Å². The van der Waals surface area contributed by atoms with E-state index in [4.69, 9.17) is 14.2 Å². The molecule has 8 nitrogen and oxygen atoms in total. The zero-order valence-electron chi connectivity index (χ0n) is 17.8. The van der Waals surface area contributed by atoms with Crippen LogP contribution in [0.3, 0.4) is 0 Å². The molecule has 0 atom stereocenters. The van der Waals surface area contributed by atoms with E-state index in [2.05, 4.69) is 5.32 Å². The van der Waals surface area contributed by atoms with Crippen molar-refractivity contribution in [2.75, 3.05) is 47.1 Å². The lowest BCUT2D eigenvalue weighted by molar-refractivity contribution is -0.120. The molecule has 2 aromatic rings. The largest absolute Gasteiger partial charge is 0.497 e. The van der Waals surface area contributed by atoms with E-state index in [1.165, 1.54) is 4.31 Å². The maximum Gasteiger partial charge on any atom is 0.243 e. The van der Waals surface area contributed by atoms with Crippen molar-refractivity contribution in [2.45, 2.75) is 17.7 Å². The smallest absolute Gasteiger partial charge is 0.243 e. The number of sulfonamides is 1. The summed E-state index contributed by atoms with van der Waals surface area (Å²) in [4.78, 5) is 12.6. The van der Waals surface area contributed by atoms with E-state index in [1.54, 1.807) is 56.7 Å². The molecule has 0 spiro atoms. The predicted molar refractivity (Wildman–Crippen MR) is 116 cm³/mol. The molecular weight excluding hydrogens is 420 g/mol. The van der Waals surface area contributed by atoms with Crippen molar-refractivity contribution < 1.29 is 27.4 Å². The van der Waals surface area contributed by atoms with E-state index in [-0.39, 0.29) is 17.2 Å². The van der Waals surface area contributed by atoms with Gasteiger partial charge in [0, 0.05) is 25.2 Å². The summed E-state index contributed by atoms with van der Waals surface area (Å²) in [5, 5.41) is 2.89. The topological polar surface area (TPSA) is 94.2 Å². The van der Waals surface area contributed by atoms with Gasteiger partial charge in [-0.15, -0.1) is 0 Å². The maximum atomic E-state index is 12.7. The number of benzene rings is 2. The van der Waals surface area contributed by atoms with Crippen LogP contribution in [0.5, 0.6) is 11.5 Å². The number of hydrogen-bond donors (Lipinski definition) is 1. The van der Waals surface area contributed by atoms with Crippen molar-refractivity contribution in [3.05, 3.63) is 53.6 Å². The van der Waals surface area contributed by atoms with Crippen LogP contribution in [0.4, 0.5) is 0 Å². The van der Waals surface area contributed by atoms with Crippen molar-refractivity contribution in [2.24, 2.45) is 0 Å². The molecule has 0 aliphatic carbocycles. The highest BCUT2D eigenvalue weighted by molar-refractivity contribution is 7.89. The molecule has 31 heavy (non-hydrogen) atoms. The van der Waals surface area contributed by atoms with Gasteiger partial charge in [-0.1, -0.05) is 12.1 Å². The summed E-state index contributed by atoms with van der Waals surface area (Å²) in [7, 11) is -0.364. The van der Waals surface area contributed by atoms with Crippen molar-refractivity contribution in [1.29, 1.82) is 0 Å². The van der Waals surface area contributed by atoms with Gasteiger partial charge < -0.3 is 19.5 Å². The van der Waals surface area contributed by atoms with E-state index in [0.717, 1.165) is 11.1 Å². The summed E-state index contributed by atoms with van der Waals surface area (Å²) in [5.74, 6) is 1.17. The second kappa shape index (κ2) is 10.6. The Morgan fingerprint density at radius 1 is 1.06 bits per heavy atom. The summed E-state index contributed by atoms with van der Waals surface area (Å²) in [6.45, 7) is 2.01. The molecule has 1 aliphatic rings. The number of rotatable bonds is 9. The summed E-state index contributed by atoms with van der Waals surface area (Å²) in [6, 6.07) is 12.1. The van der Waals surface area contributed by atoms with Gasteiger partial charge in [-0.2, -0.15) is 4.31 Å². The number of nitrogens with zero attached hydrogens (tertiary/aromatic N) is 1.